The first-order chi connectivity index (χ1) is 10.2. The fraction of sp³-hybridized carbons (Fsp3) is 0.278. The maximum Gasteiger partial charge on any atom is 0.123 e. The van der Waals surface area contributed by atoms with Crippen LogP contribution in [0.5, 0.6) is 0 Å². The summed E-state index contributed by atoms with van der Waals surface area (Å²) in [5.41, 5.74) is 3.23. The van der Waals surface area contributed by atoms with Crippen molar-refractivity contribution in [1.82, 2.24) is 0 Å². The van der Waals surface area contributed by atoms with E-state index >= 15 is 0 Å². The van der Waals surface area contributed by atoms with Crippen LogP contribution in [0.25, 0.3) is 0 Å². The Hall–Kier alpha value is -2.18. The van der Waals surface area contributed by atoms with E-state index in [4.69, 9.17) is 10.00 Å². The van der Waals surface area contributed by atoms with Gasteiger partial charge in [-0.1, -0.05) is 31.5 Å². The fourth-order valence-electron chi connectivity index (χ4n) is 3.12. The van der Waals surface area contributed by atoms with E-state index < -0.39 is 5.60 Å². The number of fused-ring (bicyclic) bond motifs is 1. The summed E-state index contributed by atoms with van der Waals surface area (Å²) in [5.74, 6) is -0.247. The molecule has 3 rings (SSSR count). The molecular formula is C18H16FNO. The first kappa shape index (κ1) is 13.8. The standard InChI is InChI=1S/C18H16FNO/c1-2-9-18(15-4-6-16(19)7-5-15)17-8-3-13(11-20)10-14(17)12-21-18/h3-8,10H,2,9,12H2,1H3. The van der Waals surface area contributed by atoms with Crippen LogP contribution >= 0.6 is 0 Å². The Morgan fingerprint density at radius 2 is 2.00 bits per heavy atom. The van der Waals surface area contributed by atoms with Gasteiger partial charge in [0.1, 0.15) is 11.4 Å². The number of benzene rings is 2. The molecule has 1 unspecified atom stereocenters. The largest absolute Gasteiger partial charge is 0.361 e. The predicted octanol–water partition coefficient (Wildman–Crippen LogP) is 4.27. The molecule has 1 atom stereocenters. The third-order valence-corrected chi connectivity index (χ3v) is 4.06. The van der Waals surface area contributed by atoms with Crippen molar-refractivity contribution < 1.29 is 9.13 Å². The quantitative estimate of drug-likeness (QED) is 0.841. The number of nitriles is 1. The molecular weight excluding hydrogens is 265 g/mol. The van der Waals surface area contributed by atoms with Gasteiger partial charge in [0, 0.05) is 0 Å². The van der Waals surface area contributed by atoms with Crippen LogP contribution in [-0.2, 0) is 16.9 Å². The highest BCUT2D eigenvalue weighted by molar-refractivity contribution is 5.47. The fourth-order valence-corrected chi connectivity index (χ4v) is 3.12. The van der Waals surface area contributed by atoms with Crippen LogP contribution < -0.4 is 0 Å². The van der Waals surface area contributed by atoms with Crippen molar-refractivity contribution in [2.45, 2.75) is 32.0 Å². The molecule has 21 heavy (non-hydrogen) atoms. The van der Waals surface area contributed by atoms with Crippen LogP contribution in [0.1, 0.15) is 42.0 Å². The van der Waals surface area contributed by atoms with Crippen LogP contribution in [0.15, 0.2) is 42.5 Å². The molecule has 0 bridgehead atoms. The van der Waals surface area contributed by atoms with Gasteiger partial charge in [-0.25, -0.2) is 4.39 Å². The summed E-state index contributed by atoms with van der Waals surface area (Å²) >= 11 is 0. The van der Waals surface area contributed by atoms with Crippen molar-refractivity contribution in [2.24, 2.45) is 0 Å². The third-order valence-electron chi connectivity index (χ3n) is 4.06. The van der Waals surface area contributed by atoms with E-state index in [0.29, 0.717) is 12.2 Å². The van der Waals surface area contributed by atoms with E-state index in [1.807, 2.05) is 18.2 Å². The Kier molecular flexibility index (Phi) is 3.48. The molecule has 1 heterocycles. The third kappa shape index (κ3) is 2.22. The SMILES string of the molecule is CCCC1(c2ccc(F)cc2)OCc2cc(C#N)ccc21. The molecule has 2 nitrogen and oxygen atoms in total. The number of ether oxygens (including phenoxy) is 1. The van der Waals surface area contributed by atoms with Crippen molar-refractivity contribution in [3.63, 3.8) is 0 Å². The van der Waals surface area contributed by atoms with Crippen LogP contribution in [0, 0.1) is 17.1 Å². The lowest BCUT2D eigenvalue weighted by molar-refractivity contribution is -0.0121. The highest BCUT2D eigenvalue weighted by atomic mass is 19.1. The minimum absolute atomic E-state index is 0.247. The van der Waals surface area contributed by atoms with E-state index in [9.17, 15) is 4.39 Å². The van der Waals surface area contributed by atoms with Gasteiger partial charge in [0.15, 0.2) is 0 Å². The monoisotopic (exact) mass is 281 g/mol. The number of halogens is 1. The first-order valence-corrected chi connectivity index (χ1v) is 7.13. The van der Waals surface area contributed by atoms with E-state index in [1.165, 1.54) is 12.1 Å². The topological polar surface area (TPSA) is 33.0 Å². The minimum Gasteiger partial charge on any atom is -0.361 e. The van der Waals surface area contributed by atoms with Gasteiger partial charge in [0.2, 0.25) is 0 Å². The van der Waals surface area contributed by atoms with Gasteiger partial charge in [-0.2, -0.15) is 5.26 Å². The van der Waals surface area contributed by atoms with Crippen LogP contribution in [0.2, 0.25) is 0 Å². The normalized spacial score (nSPS) is 20.0. The molecule has 0 saturated carbocycles. The molecule has 1 aliphatic rings. The Morgan fingerprint density at radius 3 is 2.67 bits per heavy atom. The van der Waals surface area contributed by atoms with E-state index in [0.717, 1.165) is 29.5 Å². The van der Waals surface area contributed by atoms with Crippen molar-refractivity contribution in [3.05, 3.63) is 70.5 Å². The van der Waals surface area contributed by atoms with E-state index in [1.54, 1.807) is 12.1 Å². The van der Waals surface area contributed by atoms with Gasteiger partial charge in [-0.3, -0.25) is 0 Å². The highest BCUT2D eigenvalue weighted by Crippen LogP contribution is 2.45. The summed E-state index contributed by atoms with van der Waals surface area (Å²) in [6.45, 7) is 2.60. The smallest absolute Gasteiger partial charge is 0.123 e. The lowest BCUT2D eigenvalue weighted by Crippen LogP contribution is -2.26. The van der Waals surface area contributed by atoms with Crippen LogP contribution in [-0.4, -0.2) is 0 Å². The second-order valence-corrected chi connectivity index (χ2v) is 5.36. The summed E-state index contributed by atoms with van der Waals surface area (Å²) in [7, 11) is 0. The van der Waals surface area contributed by atoms with Gasteiger partial charge in [0.25, 0.3) is 0 Å². The van der Waals surface area contributed by atoms with Gasteiger partial charge in [0.05, 0.1) is 18.2 Å². The second kappa shape index (κ2) is 5.31. The molecule has 0 saturated heterocycles. The number of nitrogens with zero attached hydrogens (tertiary/aromatic N) is 1. The van der Waals surface area contributed by atoms with Crippen molar-refractivity contribution in [2.75, 3.05) is 0 Å². The molecule has 0 amide bonds. The van der Waals surface area contributed by atoms with Gasteiger partial charge in [-0.15, -0.1) is 0 Å². The van der Waals surface area contributed by atoms with Crippen molar-refractivity contribution in [3.8, 4) is 6.07 Å². The minimum atomic E-state index is -0.522. The molecule has 0 aliphatic carbocycles. The molecule has 0 N–H and O–H groups in total. The molecule has 2 aromatic carbocycles. The van der Waals surface area contributed by atoms with Crippen molar-refractivity contribution >= 4 is 0 Å². The second-order valence-electron chi connectivity index (χ2n) is 5.36. The number of hydrogen-bond donors (Lipinski definition) is 0. The van der Waals surface area contributed by atoms with Gasteiger partial charge in [-0.05, 0) is 47.4 Å². The summed E-state index contributed by atoms with van der Waals surface area (Å²) in [4.78, 5) is 0. The predicted molar refractivity (Wildman–Crippen MR) is 78.0 cm³/mol. The zero-order valence-electron chi connectivity index (χ0n) is 11.9. The Morgan fingerprint density at radius 1 is 1.24 bits per heavy atom. The highest BCUT2D eigenvalue weighted by Gasteiger charge is 2.40. The zero-order chi connectivity index (χ0) is 14.9. The molecule has 2 aromatic rings. The maximum absolute atomic E-state index is 13.2. The maximum atomic E-state index is 13.2. The van der Waals surface area contributed by atoms with Crippen molar-refractivity contribution in [1.29, 1.82) is 5.26 Å². The van der Waals surface area contributed by atoms with Crippen LogP contribution in [0.3, 0.4) is 0 Å². The van der Waals surface area contributed by atoms with E-state index in [2.05, 4.69) is 13.0 Å². The molecule has 0 radical (unpaired) electrons. The van der Waals surface area contributed by atoms with Gasteiger partial charge < -0.3 is 4.74 Å². The lowest BCUT2D eigenvalue weighted by atomic mass is 9.82. The molecule has 3 heteroatoms. The summed E-state index contributed by atoms with van der Waals surface area (Å²) in [6, 6.07) is 14.4. The lowest BCUT2D eigenvalue weighted by Gasteiger charge is -2.30. The molecule has 0 aromatic heterocycles. The molecule has 1 aliphatic heterocycles. The summed E-state index contributed by atoms with van der Waals surface area (Å²) in [5, 5.41) is 9.02. The molecule has 0 spiro atoms. The number of hydrogen-bond acceptors (Lipinski definition) is 2. The average Bonchev–Trinajstić information content (AvgIpc) is 2.87. The first-order valence-electron chi connectivity index (χ1n) is 7.13. The summed E-state index contributed by atoms with van der Waals surface area (Å²) < 4.78 is 19.3. The molecule has 0 fully saturated rings. The van der Waals surface area contributed by atoms with Crippen LogP contribution in [0.4, 0.5) is 4.39 Å². The molecule has 106 valence electrons. The Labute approximate surface area is 123 Å². The Balaban J connectivity index is 2.13. The van der Waals surface area contributed by atoms with Gasteiger partial charge >= 0.3 is 0 Å². The van der Waals surface area contributed by atoms with E-state index in [-0.39, 0.29) is 5.82 Å². The zero-order valence-corrected chi connectivity index (χ0v) is 11.9. The number of rotatable bonds is 3. The average molecular weight is 281 g/mol. The summed E-state index contributed by atoms with van der Waals surface area (Å²) in [6.07, 6.45) is 1.79. The Bertz CT molecular complexity index is 702.